The lowest BCUT2D eigenvalue weighted by Crippen LogP contribution is -2.37. The predicted molar refractivity (Wildman–Crippen MR) is 70.4 cm³/mol. The average Bonchev–Trinajstić information content (AvgIpc) is 2.89. The van der Waals surface area contributed by atoms with Crippen molar-refractivity contribution in [2.45, 2.75) is 6.04 Å². The van der Waals surface area contributed by atoms with Gasteiger partial charge in [-0.3, -0.25) is 4.90 Å². The Balaban J connectivity index is 1.86. The summed E-state index contributed by atoms with van der Waals surface area (Å²) >= 11 is 5.96. The van der Waals surface area contributed by atoms with Crippen LogP contribution >= 0.6 is 11.6 Å². The average molecular weight is 280 g/mol. The van der Waals surface area contributed by atoms with Crippen molar-refractivity contribution in [2.24, 2.45) is 0 Å². The summed E-state index contributed by atoms with van der Waals surface area (Å²) in [6.45, 7) is 2.21. The monoisotopic (exact) mass is 279 g/mol. The summed E-state index contributed by atoms with van der Waals surface area (Å²) in [5.41, 5.74) is 0.797. The summed E-state index contributed by atoms with van der Waals surface area (Å²) in [5.74, 6) is 0.669. The van der Waals surface area contributed by atoms with E-state index in [0.717, 1.165) is 18.8 Å². The lowest BCUT2D eigenvalue weighted by molar-refractivity contribution is 0.00178. The Kier molecular flexibility index (Phi) is 3.46. The van der Waals surface area contributed by atoms with Crippen LogP contribution in [0.3, 0.4) is 0 Å². The highest BCUT2D eigenvalue weighted by Crippen LogP contribution is 2.19. The van der Waals surface area contributed by atoms with Crippen molar-refractivity contribution in [1.82, 2.24) is 25.1 Å². The number of nitrogens with zero attached hydrogens (tertiary/aromatic N) is 5. The molecule has 0 aliphatic carbocycles. The van der Waals surface area contributed by atoms with E-state index in [2.05, 4.69) is 20.3 Å². The Morgan fingerprint density at radius 3 is 3.11 bits per heavy atom. The van der Waals surface area contributed by atoms with E-state index in [1.54, 1.807) is 6.07 Å². The van der Waals surface area contributed by atoms with E-state index in [4.69, 9.17) is 16.3 Å². The summed E-state index contributed by atoms with van der Waals surface area (Å²) in [4.78, 5) is 3.66. The lowest BCUT2D eigenvalue weighted by Gasteiger charge is -2.29. The van der Waals surface area contributed by atoms with Gasteiger partial charge in [0.05, 0.1) is 24.9 Å². The smallest absolute Gasteiger partial charge is 0.194 e. The Bertz CT molecular complexity index is 573. The zero-order valence-corrected chi connectivity index (χ0v) is 11.3. The molecular formula is C12H14ClN5O. The highest BCUT2D eigenvalue weighted by molar-refractivity contribution is 6.30. The van der Waals surface area contributed by atoms with Gasteiger partial charge in [-0.2, -0.15) is 0 Å². The second kappa shape index (κ2) is 5.24. The van der Waals surface area contributed by atoms with Crippen molar-refractivity contribution in [2.75, 3.05) is 26.8 Å². The number of morpholine rings is 1. The number of ether oxygens (including phenoxy) is 1. The van der Waals surface area contributed by atoms with E-state index in [1.807, 2.05) is 25.2 Å². The minimum absolute atomic E-state index is 0.0571. The molecule has 1 unspecified atom stereocenters. The number of benzene rings is 1. The lowest BCUT2D eigenvalue weighted by atomic mass is 10.2. The first-order chi connectivity index (χ1) is 9.24. The SMILES string of the molecule is CN1CCOCC1c1nnn(-c2cccc(Cl)c2)n1. The normalized spacial score (nSPS) is 20.6. The number of likely N-dealkylation sites (N-methyl/N-ethyl adjacent to an activating group) is 1. The van der Waals surface area contributed by atoms with Crippen molar-refractivity contribution in [1.29, 1.82) is 0 Å². The number of tetrazole rings is 1. The second-order valence-corrected chi connectivity index (χ2v) is 4.92. The first kappa shape index (κ1) is 12.5. The summed E-state index contributed by atoms with van der Waals surface area (Å²) in [7, 11) is 2.03. The number of halogens is 1. The minimum atomic E-state index is 0.0571. The molecule has 1 aliphatic heterocycles. The van der Waals surface area contributed by atoms with Gasteiger partial charge in [-0.25, -0.2) is 0 Å². The fourth-order valence-corrected chi connectivity index (χ4v) is 2.21. The summed E-state index contributed by atoms with van der Waals surface area (Å²) < 4.78 is 5.46. The van der Waals surface area contributed by atoms with Gasteiger partial charge in [0.2, 0.25) is 0 Å². The van der Waals surface area contributed by atoms with Crippen molar-refractivity contribution in [3.05, 3.63) is 35.1 Å². The van der Waals surface area contributed by atoms with Crippen LogP contribution in [0, 0.1) is 0 Å². The minimum Gasteiger partial charge on any atom is -0.378 e. The maximum absolute atomic E-state index is 5.96. The summed E-state index contributed by atoms with van der Waals surface area (Å²) in [6.07, 6.45) is 0. The summed E-state index contributed by atoms with van der Waals surface area (Å²) in [6, 6.07) is 7.41. The third-order valence-electron chi connectivity index (χ3n) is 3.16. The van der Waals surface area contributed by atoms with Crippen molar-refractivity contribution in [3.8, 4) is 5.69 Å². The van der Waals surface area contributed by atoms with Crippen molar-refractivity contribution in [3.63, 3.8) is 0 Å². The molecule has 1 fully saturated rings. The van der Waals surface area contributed by atoms with E-state index in [-0.39, 0.29) is 6.04 Å². The van der Waals surface area contributed by atoms with Gasteiger partial charge >= 0.3 is 0 Å². The Labute approximate surface area is 115 Å². The molecule has 100 valence electrons. The largest absolute Gasteiger partial charge is 0.378 e. The van der Waals surface area contributed by atoms with Crippen LogP contribution in [0.4, 0.5) is 0 Å². The van der Waals surface area contributed by atoms with E-state index < -0.39 is 0 Å². The molecule has 0 amide bonds. The van der Waals surface area contributed by atoms with Gasteiger partial charge in [0, 0.05) is 11.6 Å². The number of hydrogen-bond acceptors (Lipinski definition) is 5. The fraction of sp³-hybridized carbons (Fsp3) is 0.417. The van der Waals surface area contributed by atoms with E-state index in [9.17, 15) is 0 Å². The Morgan fingerprint density at radius 2 is 2.32 bits per heavy atom. The molecule has 0 saturated carbocycles. The first-order valence-corrected chi connectivity index (χ1v) is 6.46. The van der Waals surface area contributed by atoms with Gasteiger partial charge in [0.15, 0.2) is 5.82 Å². The van der Waals surface area contributed by atoms with Crippen LogP contribution in [0.1, 0.15) is 11.9 Å². The summed E-state index contributed by atoms with van der Waals surface area (Å²) in [5, 5.41) is 13.2. The Hall–Kier alpha value is -1.50. The van der Waals surface area contributed by atoms with Crippen LogP contribution in [-0.4, -0.2) is 51.9 Å². The van der Waals surface area contributed by atoms with Gasteiger partial charge in [-0.05, 0) is 30.5 Å². The van der Waals surface area contributed by atoms with Crippen LogP contribution in [-0.2, 0) is 4.74 Å². The third kappa shape index (κ3) is 2.60. The number of hydrogen-bond donors (Lipinski definition) is 0. The van der Waals surface area contributed by atoms with Crippen LogP contribution in [0.15, 0.2) is 24.3 Å². The molecule has 2 aromatic rings. The van der Waals surface area contributed by atoms with Gasteiger partial charge in [-0.15, -0.1) is 15.0 Å². The molecular weight excluding hydrogens is 266 g/mol. The molecule has 0 bridgehead atoms. The molecule has 19 heavy (non-hydrogen) atoms. The molecule has 3 rings (SSSR count). The molecule has 1 aliphatic rings. The molecule has 6 nitrogen and oxygen atoms in total. The molecule has 2 heterocycles. The fourth-order valence-electron chi connectivity index (χ4n) is 2.03. The third-order valence-corrected chi connectivity index (χ3v) is 3.40. The molecule has 7 heteroatoms. The molecule has 1 aromatic heterocycles. The van der Waals surface area contributed by atoms with Gasteiger partial charge in [0.25, 0.3) is 0 Å². The van der Waals surface area contributed by atoms with E-state index >= 15 is 0 Å². The van der Waals surface area contributed by atoms with Crippen molar-refractivity contribution >= 4 is 11.6 Å². The van der Waals surface area contributed by atoms with Crippen LogP contribution in [0.5, 0.6) is 0 Å². The molecule has 0 radical (unpaired) electrons. The van der Waals surface area contributed by atoms with E-state index in [0.29, 0.717) is 17.5 Å². The zero-order chi connectivity index (χ0) is 13.2. The van der Waals surface area contributed by atoms with Crippen LogP contribution < -0.4 is 0 Å². The maximum atomic E-state index is 5.96. The highest BCUT2D eigenvalue weighted by Gasteiger charge is 2.25. The number of rotatable bonds is 2. The Morgan fingerprint density at radius 1 is 1.42 bits per heavy atom. The van der Waals surface area contributed by atoms with Crippen molar-refractivity contribution < 1.29 is 4.74 Å². The zero-order valence-electron chi connectivity index (χ0n) is 10.5. The molecule has 1 atom stereocenters. The quantitative estimate of drug-likeness (QED) is 0.830. The van der Waals surface area contributed by atoms with Gasteiger partial charge in [0.1, 0.15) is 0 Å². The van der Waals surface area contributed by atoms with Gasteiger partial charge in [-0.1, -0.05) is 17.7 Å². The molecule has 1 aromatic carbocycles. The molecule has 0 spiro atoms. The predicted octanol–water partition coefficient (Wildman–Crippen LogP) is 1.32. The van der Waals surface area contributed by atoms with Crippen LogP contribution in [0.25, 0.3) is 5.69 Å². The number of aromatic nitrogens is 4. The van der Waals surface area contributed by atoms with Gasteiger partial charge < -0.3 is 4.74 Å². The second-order valence-electron chi connectivity index (χ2n) is 4.49. The topological polar surface area (TPSA) is 56.1 Å². The maximum Gasteiger partial charge on any atom is 0.194 e. The standard InChI is InChI=1S/C12H14ClN5O/c1-17-5-6-19-8-11(17)12-14-16-18(15-12)10-4-2-3-9(13)7-10/h2-4,7,11H,5-6,8H2,1H3. The van der Waals surface area contributed by atoms with E-state index in [1.165, 1.54) is 4.80 Å². The molecule has 0 N–H and O–H groups in total. The highest BCUT2D eigenvalue weighted by atomic mass is 35.5. The first-order valence-electron chi connectivity index (χ1n) is 6.08. The van der Waals surface area contributed by atoms with Crippen LogP contribution in [0.2, 0.25) is 5.02 Å². The molecule has 1 saturated heterocycles.